The van der Waals surface area contributed by atoms with E-state index in [-0.39, 0.29) is 11.5 Å². The molecule has 6 nitrogen and oxygen atoms in total. The number of carbonyl (C=O) groups excluding carboxylic acids is 1. The van der Waals surface area contributed by atoms with Crippen LogP contribution in [0.2, 0.25) is 5.02 Å². The van der Waals surface area contributed by atoms with Crippen LogP contribution in [0.1, 0.15) is 10.4 Å². The lowest BCUT2D eigenvalue weighted by Crippen LogP contribution is -2.16. The number of nitrogens with zero attached hydrogens (tertiary/aromatic N) is 3. The van der Waals surface area contributed by atoms with Crippen molar-refractivity contribution in [1.29, 1.82) is 0 Å². The molecule has 0 unspecified atom stereocenters. The summed E-state index contributed by atoms with van der Waals surface area (Å²) in [6.45, 7) is 1.01. The van der Waals surface area contributed by atoms with Gasteiger partial charge in [0.2, 0.25) is 0 Å². The van der Waals surface area contributed by atoms with E-state index in [1.165, 1.54) is 11.8 Å². The summed E-state index contributed by atoms with van der Waals surface area (Å²) in [7, 11) is 1.86. The first-order valence-corrected chi connectivity index (χ1v) is 9.70. The fourth-order valence-electron chi connectivity index (χ4n) is 2.75. The van der Waals surface area contributed by atoms with Gasteiger partial charge in [0.15, 0.2) is 28.3 Å². The lowest BCUT2D eigenvalue weighted by molar-refractivity contribution is 0.102. The van der Waals surface area contributed by atoms with Crippen LogP contribution in [0, 0.1) is 0 Å². The zero-order valence-corrected chi connectivity index (χ0v) is 16.1. The van der Waals surface area contributed by atoms with Crippen LogP contribution in [0.5, 0.6) is 11.5 Å². The van der Waals surface area contributed by atoms with Gasteiger partial charge in [-0.2, -0.15) is 0 Å². The Balaban J connectivity index is 1.48. The van der Waals surface area contributed by atoms with Crippen LogP contribution in [0.3, 0.4) is 0 Å². The van der Waals surface area contributed by atoms with Gasteiger partial charge in [-0.15, -0.1) is 10.2 Å². The standard InChI is InChI=1S/C19H16ClN3O3S/c1-23-18(13-4-2-3-5-14(13)20)21-22-19(23)27-11-15(24)12-6-7-16-17(10-12)26-9-8-25-16/h2-7,10H,8-9,11H2,1H3. The van der Waals surface area contributed by atoms with E-state index in [0.717, 1.165) is 5.56 Å². The van der Waals surface area contributed by atoms with E-state index in [1.807, 2.05) is 35.9 Å². The third kappa shape index (κ3) is 3.65. The minimum absolute atomic E-state index is 0.0146. The third-order valence-electron chi connectivity index (χ3n) is 4.15. The molecule has 4 rings (SSSR count). The minimum atomic E-state index is -0.0146. The van der Waals surface area contributed by atoms with Gasteiger partial charge in [-0.25, -0.2) is 0 Å². The van der Waals surface area contributed by atoms with Gasteiger partial charge in [0, 0.05) is 18.2 Å². The molecule has 2 heterocycles. The molecule has 138 valence electrons. The van der Waals surface area contributed by atoms with Crippen LogP contribution < -0.4 is 9.47 Å². The summed E-state index contributed by atoms with van der Waals surface area (Å²) in [5, 5.41) is 9.66. The maximum atomic E-state index is 12.6. The number of ketones is 1. The number of benzene rings is 2. The van der Waals surface area contributed by atoms with Gasteiger partial charge in [-0.1, -0.05) is 35.5 Å². The van der Waals surface area contributed by atoms with E-state index in [2.05, 4.69) is 10.2 Å². The summed E-state index contributed by atoms with van der Waals surface area (Å²) < 4.78 is 12.9. The predicted octanol–water partition coefficient (Wildman–Crippen LogP) is 3.88. The number of fused-ring (bicyclic) bond motifs is 1. The number of ether oxygens (including phenoxy) is 2. The third-order valence-corrected chi connectivity index (χ3v) is 5.50. The monoisotopic (exact) mass is 401 g/mol. The Morgan fingerprint density at radius 1 is 1.15 bits per heavy atom. The molecule has 1 aromatic heterocycles. The number of hydrogen-bond acceptors (Lipinski definition) is 6. The number of carbonyl (C=O) groups is 1. The van der Waals surface area contributed by atoms with Crippen LogP contribution in [0.25, 0.3) is 11.4 Å². The number of rotatable bonds is 5. The van der Waals surface area contributed by atoms with Crippen molar-refractivity contribution in [1.82, 2.24) is 14.8 Å². The highest BCUT2D eigenvalue weighted by Gasteiger charge is 2.17. The molecule has 0 atom stereocenters. The molecule has 2 aromatic carbocycles. The van der Waals surface area contributed by atoms with Gasteiger partial charge in [-0.3, -0.25) is 4.79 Å². The Bertz CT molecular complexity index is 1010. The van der Waals surface area contributed by atoms with Crippen molar-refractivity contribution in [3.05, 3.63) is 53.1 Å². The molecule has 3 aromatic rings. The maximum Gasteiger partial charge on any atom is 0.191 e. The quantitative estimate of drug-likeness (QED) is 0.477. The first kappa shape index (κ1) is 17.9. The average molecular weight is 402 g/mol. The van der Waals surface area contributed by atoms with Crippen LogP contribution in [-0.4, -0.2) is 39.5 Å². The molecule has 1 aliphatic rings. The molecule has 0 N–H and O–H groups in total. The molecule has 27 heavy (non-hydrogen) atoms. The molecule has 1 aliphatic heterocycles. The van der Waals surface area contributed by atoms with Crippen LogP contribution in [-0.2, 0) is 7.05 Å². The summed E-state index contributed by atoms with van der Waals surface area (Å²) in [5.41, 5.74) is 1.39. The Kier molecular flexibility index (Phi) is 5.05. The van der Waals surface area contributed by atoms with E-state index in [9.17, 15) is 4.79 Å². The molecule has 0 amide bonds. The van der Waals surface area contributed by atoms with Crippen molar-refractivity contribution in [2.75, 3.05) is 19.0 Å². The number of Topliss-reactive ketones (excluding diaryl/α,β-unsaturated/α-hetero) is 1. The molecule has 0 bridgehead atoms. The zero-order valence-electron chi connectivity index (χ0n) is 14.5. The summed E-state index contributed by atoms with van der Waals surface area (Å²) in [4.78, 5) is 12.6. The molecule has 0 aliphatic carbocycles. The van der Waals surface area contributed by atoms with Gasteiger partial charge in [0.1, 0.15) is 13.2 Å². The second-order valence-corrected chi connectivity index (χ2v) is 7.27. The summed E-state index contributed by atoms with van der Waals surface area (Å²) in [6, 6.07) is 12.7. The highest BCUT2D eigenvalue weighted by atomic mass is 35.5. The van der Waals surface area contributed by atoms with Crippen LogP contribution in [0.4, 0.5) is 0 Å². The Morgan fingerprint density at radius 2 is 1.93 bits per heavy atom. The molecule has 8 heteroatoms. The highest BCUT2D eigenvalue weighted by Crippen LogP contribution is 2.32. The highest BCUT2D eigenvalue weighted by molar-refractivity contribution is 7.99. The average Bonchev–Trinajstić information content (AvgIpc) is 3.06. The largest absolute Gasteiger partial charge is 0.486 e. The van der Waals surface area contributed by atoms with Crippen molar-refractivity contribution in [2.45, 2.75) is 5.16 Å². The first-order valence-electron chi connectivity index (χ1n) is 8.33. The number of thioether (sulfide) groups is 1. The fourth-order valence-corrected chi connectivity index (χ4v) is 3.77. The topological polar surface area (TPSA) is 66.2 Å². The summed E-state index contributed by atoms with van der Waals surface area (Å²) in [6.07, 6.45) is 0. The Morgan fingerprint density at radius 3 is 2.74 bits per heavy atom. The normalized spacial score (nSPS) is 12.8. The first-order chi connectivity index (χ1) is 13.1. The molecular formula is C19H16ClN3O3S. The van der Waals surface area contributed by atoms with Crippen LogP contribution >= 0.6 is 23.4 Å². The predicted molar refractivity (Wildman–Crippen MR) is 104 cm³/mol. The number of hydrogen-bond donors (Lipinski definition) is 0. The van der Waals surface area contributed by atoms with Gasteiger partial charge < -0.3 is 14.0 Å². The van der Waals surface area contributed by atoms with Crippen LogP contribution in [0.15, 0.2) is 47.6 Å². The van der Waals surface area contributed by atoms with Gasteiger partial charge in [0.25, 0.3) is 0 Å². The van der Waals surface area contributed by atoms with Crippen molar-refractivity contribution < 1.29 is 14.3 Å². The maximum absolute atomic E-state index is 12.6. The van der Waals surface area contributed by atoms with Gasteiger partial charge >= 0.3 is 0 Å². The summed E-state index contributed by atoms with van der Waals surface area (Å²) in [5.74, 6) is 2.17. The Hall–Kier alpha value is -2.51. The minimum Gasteiger partial charge on any atom is -0.486 e. The number of aromatic nitrogens is 3. The van der Waals surface area contributed by atoms with Crippen molar-refractivity contribution in [3.8, 4) is 22.9 Å². The SMILES string of the molecule is Cn1c(SCC(=O)c2ccc3c(c2)OCCO3)nnc1-c1ccccc1Cl. The van der Waals surface area contributed by atoms with Gasteiger partial charge in [0.05, 0.1) is 10.8 Å². The van der Waals surface area contributed by atoms with Crippen molar-refractivity contribution >= 4 is 29.1 Å². The second kappa shape index (κ2) is 7.62. The molecule has 0 spiro atoms. The van der Waals surface area contributed by atoms with Gasteiger partial charge in [-0.05, 0) is 30.3 Å². The van der Waals surface area contributed by atoms with Crippen molar-refractivity contribution in [3.63, 3.8) is 0 Å². The lowest BCUT2D eigenvalue weighted by Gasteiger charge is -2.18. The van der Waals surface area contributed by atoms with E-state index in [4.69, 9.17) is 21.1 Å². The molecule has 0 saturated carbocycles. The van der Waals surface area contributed by atoms with E-state index in [1.54, 1.807) is 18.2 Å². The smallest absolute Gasteiger partial charge is 0.191 e. The number of halogens is 1. The molecule has 0 fully saturated rings. The second-order valence-electron chi connectivity index (χ2n) is 5.92. The van der Waals surface area contributed by atoms with E-state index >= 15 is 0 Å². The molecule has 0 saturated heterocycles. The summed E-state index contributed by atoms with van der Waals surface area (Å²) >= 11 is 7.57. The van der Waals surface area contributed by atoms with Crippen molar-refractivity contribution in [2.24, 2.45) is 7.05 Å². The zero-order chi connectivity index (χ0) is 18.8. The fraction of sp³-hybridized carbons (Fsp3) is 0.211. The molecular weight excluding hydrogens is 386 g/mol. The molecule has 0 radical (unpaired) electrons. The van der Waals surface area contributed by atoms with E-state index in [0.29, 0.717) is 46.3 Å². The van der Waals surface area contributed by atoms with E-state index < -0.39 is 0 Å². The Labute approximate surface area is 165 Å². The lowest BCUT2D eigenvalue weighted by atomic mass is 10.1.